The van der Waals surface area contributed by atoms with Crippen LogP contribution in [0.1, 0.15) is 99.4 Å². The minimum Gasteiger partial charge on any atom is -1.00 e. The van der Waals surface area contributed by atoms with Crippen LogP contribution in [0.4, 0.5) is 52.7 Å². The van der Waals surface area contributed by atoms with Crippen LogP contribution >= 0.6 is 0 Å². The highest BCUT2D eigenvalue weighted by atomic mass is 35.5. The molecule has 0 N–H and O–H groups in total. The molecular formula is C82H68ClF12NO6S4. The third-order valence-corrected chi connectivity index (χ3v) is 24.4. The number of alkyl halides is 4. The van der Waals surface area contributed by atoms with Gasteiger partial charge in [-0.2, -0.15) is 17.6 Å². The fraction of sp³-hybridized carbons (Fsp3) is 0.195. The summed E-state index contributed by atoms with van der Waals surface area (Å²) in [6, 6.07) is 71.6. The highest BCUT2D eigenvalue weighted by Crippen LogP contribution is 2.59. The Hall–Kier alpha value is -8.65. The van der Waals surface area contributed by atoms with Gasteiger partial charge in [-0.3, -0.25) is 0 Å². The molecule has 0 amide bonds. The van der Waals surface area contributed by atoms with Gasteiger partial charge in [0.05, 0.1) is 42.9 Å². The van der Waals surface area contributed by atoms with Crippen molar-refractivity contribution in [3.05, 3.63) is 357 Å². The molecule has 24 heteroatoms. The van der Waals surface area contributed by atoms with Crippen molar-refractivity contribution in [2.24, 2.45) is 11.8 Å². The highest BCUT2D eigenvalue weighted by molar-refractivity contribution is 7.97. The van der Waals surface area contributed by atoms with Crippen molar-refractivity contribution in [2.75, 3.05) is 21.1 Å². The van der Waals surface area contributed by atoms with E-state index in [0.29, 0.717) is 42.2 Å². The zero-order valence-electron chi connectivity index (χ0n) is 56.8. The lowest BCUT2D eigenvalue weighted by atomic mass is 9.58. The largest absolute Gasteiger partial charge is 1.00 e. The van der Waals surface area contributed by atoms with Crippen LogP contribution in [0.15, 0.2) is 290 Å². The van der Waals surface area contributed by atoms with Crippen molar-refractivity contribution in [2.45, 2.75) is 95.8 Å². The molecule has 0 aromatic heterocycles. The second kappa shape index (κ2) is 33.2. The molecule has 7 nitrogen and oxygen atoms in total. The average Bonchev–Trinajstić information content (AvgIpc) is 0.724. The van der Waals surface area contributed by atoms with Crippen LogP contribution in [0.25, 0.3) is 0 Å². The summed E-state index contributed by atoms with van der Waals surface area (Å²) in [6.07, 6.45) is -0.987. The van der Waals surface area contributed by atoms with E-state index < -0.39 is 124 Å². The van der Waals surface area contributed by atoms with Crippen LogP contribution in [0, 0.1) is 58.4 Å². The second-order valence-corrected chi connectivity index (χ2v) is 33.8. The van der Waals surface area contributed by atoms with Gasteiger partial charge in [-0.05, 0) is 93.5 Å². The number of quaternary nitrogens is 1. The molecule has 4 bridgehead atoms. The number of nitrogens with zero attached hydrogens (tertiary/aromatic N) is 1. The SMILES string of the molecule is C[N+](C)(C)Cc1ccccc1.Fc1cc(F)cc([S+](c2ccccc2)c2cc(F)cc(F)c2)c1.Fc1cc(F)cc([S+](c2ccccc2)c2cc(F)cc(F)c2)c1.O=S(=O)([O-])C(F)(F)CC1CC2c3ccccc3C1c1ccccc12.O=S(=O)([O-])C(F)(F)CC1CC2c3ccccc3C1c1ccccc12.[Cl-]. The van der Waals surface area contributed by atoms with E-state index in [1.165, 1.54) is 54.1 Å². The first-order valence-corrected chi connectivity index (χ1v) is 38.3. The summed E-state index contributed by atoms with van der Waals surface area (Å²) in [5.41, 5.74) is 9.74. The third kappa shape index (κ3) is 18.8. The molecule has 0 spiro atoms. The molecule has 6 aliphatic rings. The fourth-order valence-corrected chi connectivity index (χ4v) is 19.6. The zero-order chi connectivity index (χ0) is 75.3. The zero-order valence-corrected chi connectivity index (χ0v) is 60.8. The molecule has 6 aliphatic carbocycles. The van der Waals surface area contributed by atoms with Crippen molar-refractivity contribution in [3.63, 3.8) is 0 Å². The normalized spacial score (nSPS) is 17.4. The number of hydrogen-bond donors (Lipinski definition) is 0. The van der Waals surface area contributed by atoms with E-state index in [-0.39, 0.29) is 36.1 Å². The van der Waals surface area contributed by atoms with Gasteiger partial charge >= 0.3 is 10.5 Å². The molecule has 2 atom stereocenters. The third-order valence-electron chi connectivity index (χ3n) is 18.3. The Morgan fingerprint density at radius 3 is 0.783 bits per heavy atom. The van der Waals surface area contributed by atoms with E-state index in [4.69, 9.17) is 0 Å². The van der Waals surface area contributed by atoms with Gasteiger partial charge in [-0.1, -0.05) is 164 Å². The number of benzene rings is 11. The molecule has 17 rings (SSSR count). The smallest absolute Gasteiger partial charge is 0.334 e. The van der Waals surface area contributed by atoms with Gasteiger partial charge in [0.2, 0.25) is 0 Å². The van der Waals surface area contributed by atoms with E-state index in [9.17, 15) is 78.6 Å². The summed E-state index contributed by atoms with van der Waals surface area (Å²) in [5, 5.41) is -8.47. The lowest BCUT2D eigenvalue weighted by molar-refractivity contribution is -0.884. The molecule has 11 aromatic carbocycles. The molecule has 0 radical (unpaired) electrons. The summed E-state index contributed by atoms with van der Waals surface area (Å²) < 4.78 is 231. The number of halogens is 13. The van der Waals surface area contributed by atoms with Gasteiger partial charge in [0.15, 0.2) is 49.6 Å². The first kappa shape index (κ1) is 79.9. The van der Waals surface area contributed by atoms with Gasteiger partial charge in [0.1, 0.15) is 53.1 Å². The standard InChI is InChI=1S/2C18H11F4S.2C18H16F2O3S.C10H16N.ClH/c2*19-12-6-13(20)9-17(8-12)23(16-4-2-1-3-5-16)18-10-14(21)7-15(22)11-18;2*19-18(20,24(21,22)23)10-11-9-16-12-5-1-3-7-14(12)17(11)15-8-4-2-6-13(15)16;1-11(2,3)9-10-7-5-4-6-8-10;/h2*1-11H;2*1-8,11,16-17H,9-10H2,(H,21,22,23);4-8H,9H2,1-3H3;1H/q2*+1;;;+1;/p-3. The van der Waals surface area contributed by atoms with E-state index >= 15 is 0 Å². The molecule has 0 fully saturated rings. The maximum absolute atomic E-state index is 13.9. The van der Waals surface area contributed by atoms with Crippen molar-refractivity contribution in [1.82, 2.24) is 0 Å². The van der Waals surface area contributed by atoms with Gasteiger partial charge in [0.25, 0.3) is 0 Å². The summed E-state index contributed by atoms with van der Waals surface area (Å²) in [7, 11) is -6.74. The van der Waals surface area contributed by atoms with Crippen LogP contribution in [0.3, 0.4) is 0 Å². The predicted octanol–water partition coefficient (Wildman–Crippen LogP) is 17.2. The quantitative estimate of drug-likeness (QED) is 0.0464. The van der Waals surface area contributed by atoms with Crippen molar-refractivity contribution < 1.29 is 95.5 Å². The first-order valence-electron chi connectivity index (χ1n) is 33.0. The first-order chi connectivity index (χ1) is 49.7. The maximum Gasteiger partial charge on any atom is 0.334 e. The lowest BCUT2D eigenvalue weighted by Gasteiger charge is -2.46. The molecular weight excluding hydrogens is 1490 g/mol. The number of hydrogen-bond acceptors (Lipinski definition) is 6. The Morgan fingerprint density at radius 1 is 0.340 bits per heavy atom. The maximum atomic E-state index is 13.9. The molecule has 0 aliphatic heterocycles. The molecule has 106 heavy (non-hydrogen) atoms. The van der Waals surface area contributed by atoms with Crippen LogP contribution in [0.5, 0.6) is 0 Å². The van der Waals surface area contributed by atoms with Crippen LogP contribution < -0.4 is 12.4 Å². The molecule has 11 aromatic rings. The predicted molar refractivity (Wildman–Crippen MR) is 379 cm³/mol. The Balaban J connectivity index is 0.000000144. The van der Waals surface area contributed by atoms with Gasteiger partial charge in [-0.25, -0.2) is 52.0 Å². The Bertz CT molecular complexity index is 4570. The number of fused-ring (bicyclic) bond motifs is 2. The van der Waals surface area contributed by atoms with Crippen LogP contribution in [-0.2, 0) is 48.6 Å². The van der Waals surface area contributed by atoms with E-state index in [0.717, 1.165) is 79.8 Å². The average molecular weight is 1560 g/mol. The van der Waals surface area contributed by atoms with Crippen LogP contribution in [0.2, 0.25) is 0 Å². The highest BCUT2D eigenvalue weighted by Gasteiger charge is 2.51. The Labute approximate surface area is 619 Å². The minimum atomic E-state index is -5.66. The minimum absolute atomic E-state index is 0. The molecule has 0 heterocycles. The van der Waals surface area contributed by atoms with E-state index in [1.807, 2.05) is 97.1 Å². The number of rotatable bonds is 14. The van der Waals surface area contributed by atoms with Crippen molar-refractivity contribution in [1.29, 1.82) is 0 Å². The van der Waals surface area contributed by atoms with E-state index in [2.05, 4.69) is 51.5 Å². The fourth-order valence-electron chi connectivity index (χ4n) is 14.4. The lowest BCUT2D eigenvalue weighted by Crippen LogP contribution is -3.00. The van der Waals surface area contributed by atoms with Crippen molar-refractivity contribution in [3.8, 4) is 0 Å². The molecule has 552 valence electrons. The Kier molecular flexibility index (Phi) is 25.1. The van der Waals surface area contributed by atoms with Crippen molar-refractivity contribution >= 4 is 42.0 Å². The Morgan fingerprint density at radius 2 is 0.557 bits per heavy atom. The van der Waals surface area contributed by atoms with E-state index in [1.54, 1.807) is 60.7 Å². The van der Waals surface area contributed by atoms with Crippen LogP contribution in [-0.4, -0.2) is 62.1 Å². The summed E-state index contributed by atoms with van der Waals surface area (Å²) in [5.74, 6) is -7.64. The summed E-state index contributed by atoms with van der Waals surface area (Å²) in [4.78, 5) is 2.69. The molecule has 0 saturated carbocycles. The monoisotopic (exact) mass is 1550 g/mol. The summed E-state index contributed by atoms with van der Waals surface area (Å²) in [6.45, 7) is 1.10. The molecule has 2 unspecified atom stereocenters. The second-order valence-electron chi connectivity index (χ2n) is 26.8. The summed E-state index contributed by atoms with van der Waals surface area (Å²) >= 11 is 0. The van der Waals surface area contributed by atoms with Gasteiger partial charge in [0, 0.05) is 115 Å². The topological polar surface area (TPSA) is 114 Å². The van der Waals surface area contributed by atoms with Gasteiger partial charge in [-0.15, -0.1) is 0 Å². The molecule has 0 saturated heterocycles. The van der Waals surface area contributed by atoms with Gasteiger partial charge < -0.3 is 26.0 Å².